The van der Waals surface area contributed by atoms with Crippen LogP contribution in [0.25, 0.3) is 0 Å². The second-order valence-electron chi connectivity index (χ2n) is 5.93. The third-order valence-corrected chi connectivity index (χ3v) is 4.94. The lowest BCUT2D eigenvalue weighted by Gasteiger charge is -2.28. The summed E-state index contributed by atoms with van der Waals surface area (Å²) in [6, 6.07) is 11.1. The van der Waals surface area contributed by atoms with E-state index in [0.29, 0.717) is 16.4 Å². The Kier molecular flexibility index (Phi) is 8.85. The van der Waals surface area contributed by atoms with E-state index in [2.05, 4.69) is 21.3 Å². The number of thiocarbonyl (C=S) groups is 1. The Labute approximate surface area is 203 Å². The van der Waals surface area contributed by atoms with E-state index in [9.17, 15) is 9.59 Å². The highest BCUT2D eigenvalue weighted by atomic mass is 35.6. The van der Waals surface area contributed by atoms with Crippen LogP contribution >= 0.6 is 70.2 Å². The van der Waals surface area contributed by atoms with Crippen molar-refractivity contribution in [3.63, 3.8) is 0 Å². The van der Waals surface area contributed by atoms with Crippen LogP contribution in [0.3, 0.4) is 0 Å². The van der Waals surface area contributed by atoms with Gasteiger partial charge in [-0.3, -0.25) is 9.59 Å². The summed E-state index contributed by atoms with van der Waals surface area (Å²) in [6.07, 6.45) is -1.18. The third-order valence-electron chi connectivity index (χ3n) is 3.52. The SMILES string of the molecule is CC(=O)Nc1ccc(NC(=S)N[C@H](NC(=O)c2ccc(Cl)cc2Cl)C(Cl)(Cl)Cl)cc1. The van der Waals surface area contributed by atoms with Crippen LogP contribution in [0.15, 0.2) is 42.5 Å². The maximum Gasteiger partial charge on any atom is 0.254 e. The van der Waals surface area contributed by atoms with E-state index >= 15 is 0 Å². The average Bonchev–Trinajstić information content (AvgIpc) is 2.61. The molecule has 0 heterocycles. The molecule has 0 aliphatic heterocycles. The molecule has 0 unspecified atom stereocenters. The number of hydrogen-bond donors (Lipinski definition) is 4. The van der Waals surface area contributed by atoms with Crippen LogP contribution in [-0.4, -0.2) is 26.9 Å². The number of hydrogen-bond acceptors (Lipinski definition) is 3. The minimum Gasteiger partial charge on any atom is -0.339 e. The first-order valence-electron chi connectivity index (χ1n) is 8.23. The number of halogens is 5. The molecule has 4 N–H and O–H groups in total. The Bertz CT molecular complexity index is 951. The number of amides is 2. The quantitative estimate of drug-likeness (QED) is 0.239. The summed E-state index contributed by atoms with van der Waals surface area (Å²) in [4.78, 5) is 23.6. The molecule has 2 aromatic rings. The lowest BCUT2D eigenvalue weighted by atomic mass is 10.2. The topological polar surface area (TPSA) is 82.3 Å². The van der Waals surface area contributed by atoms with Crippen LogP contribution in [0.5, 0.6) is 0 Å². The molecule has 0 saturated heterocycles. The zero-order valence-electron chi connectivity index (χ0n) is 15.2. The second-order valence-corrected chi connectivity index (χ2v) is 9.55. The summed E-state index contributed by atoms with van der Waals surface area (Å²) in [7, 11) is 0. The summed E-state index contributed by atoms with van der Waals surface area (Å²) >= 11 is 35.1. The van der Waals surface area contributed by atoms with Crippen molar-refractivity contribution in [2.24, 2.45) is 0 Å². The predicted octanol–water partition coefficient (Wildman–Crippen LogP) is 5.36. The molecule has 6 nitrogen and oxygen atoms in total. The molecule has 0 aliphatic rings. The van der Waals surface area contributed by atoms with Gasteiger partial charge in [0.15, 0.2) is 5.11 Å². The molecular weight excluding hydrogens is 514 g/mol. The smallest absolute Gasteiger partial charge is 0.254 e. The molecule has 0 aliphatic carbocycles. The summed E-state index contributed by atoms with van der Waals surface area (Å²) in [6.45, 7) is 1.41. The Morgan fingerprint density at radius 1 is 0.933 bits per heavy atom. The van der Waals surface area contributed by atoms with Crippen LogP contribution < -0.4 is 21.3 Å². The van der Waals surface area contributed by atoms with E-state index in [4.69, 9.17) is 70.2 Å². The van der Waals surface area contributed by atoms with Crippen molar-refractivity contribution < 1.29 is 9.59 Å². The largest absolute Gasteiger partial charge is 0.339 e. The number of alkyl halides is 3. The molecule has 1 atom stereocenters. The van der Waals surface area contributed by atoms with Gasteiger partial charge in [0.25, 0.3) is 5.91 Å². The molecular formula is C18H15Cl5N4O2S. The normalized spacial score (nSPS) is 11.9. The first-order chi connectivity index (χ1) is 14.0. The van der Waals surface area contributed by atoms with Crippen LogP contribution in [0, 0.1) is 0 Å². The van der Waals surface area contributed by atoms with Gasteiger partial charge in [-0.1, -0.05) is 58.0 Å². The van der Waals surface area contributed by atoms with Gasteiger partial charge in [0, 0.05) is 23.3 Å². The van der Waals surface area contributed by atoms with Crippen molar-refractivity contribution in [1.29, 1.82) is 0 Å². The van der Waals surface area contributed by atoms with Crippen LogP contribution in [0.2, 0.25) is 10.0 Å². The fourth-order valence-corrected chi connectivity index (χ4v) is 3.28. The Morgan fingerprint density at radius 3 is 2.00 bits per heavy atom. The van der Waals surface area contributed by atoms with Crippen molar-refractivity contribution in [1.82, 2.24) is 10.6 Å². The van der Waals surface area contributed by atoms with Gasteiger partial charge in [-0.25, -0.2) is 0 Å². The minimum absolute atomic E-state index is 0.0844. The number of benzene rings is 2. The molecule has 0 fully saturated rings. The third kappa shape index (κ3) is 7.65. The van der Waals surface area contributed by atoms with E-state index in [1.165, 1.54) is 25.1 Å². The van der Waals surface area contributed by atoms with E-state index < -0.39 is 15.9 Å². The number of carbonyl (C=O) groups is 2. The first-order valence-corrected chi connectivity index (χ1v) is 10.5. The summed E-state index contributed by atoms with van der Waals surface area (Å²) in [5.74, 6) is -0.780. The molecule has 0 radical (unpaired) electrons. The molecule has 12 heteroatoms. The van der Waals surface area contributed by atoms with Crippen molar-refractivity contribution in [3.8, 4) is 0 Å². The molecule has 160 valence electrons. The van der Waals surface area contributed by atoms with Gasteiger partial charge < -0.3 is 21.3 Å². The van der Waals surface area contributed by atoms with Gasteiger partial charge in [-0.15, -0.1) is 0 Å². The number of rotatable bonds is 5. The average molecular weight is 529 g/mol. The molecule has 2 rings (SSSR count). The lowest BCUT2D eigenvalue weighted by molar-refractivity contribution is -0.114. The number of anilines is 2. The fraction of sp³-hybridized carbons (Fsp3) is 0.167. The van der Waals surface area contributed by atoms with Gasteiger partial charge in [0.1, 0.15) is 6.17 Å². The van der Waals surface area contributed by atoms with Crippen molar-refractivity contribution in [2.45, 2.75) is 16.9 Å². The van der Waals surface area contributed by atoms with E-state index in [1.54, 1.807) is 24.3 Å². The highest BCUT2D eigenvalue weighted by molar-refractivity contribution is 7.80. The van der Waals surface area contributed by atoms with Gasteiger partial charge in [-0.2, -0.15) is 0 Å². The minimum atomic E-state index is -1.93. The standard InChI is InChI=1S/C18H15Cl5N4O2S/c1-9(28)24-11-3-5-12(6-4-11)25-17(30)27-16(18(21,22)23)26-15(29)13-7-2-10(19)8-14(13)20/h2-8,16H,1H3,(H,24,28)(H,26,29)(H2,25,27,30)/t16-/m0/s1. The maximum absolute atomic E-state index is 12.5. The van der Waals surface area contributed by atoms with E-state index in [-0.39, 0.29) is 21.6 Å². The van der Waals surface area contributed by atoms with Crippen LogP contribution in [0.4, 0.5) is 11.4 Å². The predicted molar refractivity (Wildman–Crippen MR) is 128 cm³/mol. The summed E-state index contributed by atoms with van der Waals surface area (Å²) in [5, 5.41) is 11.4. The number of carbonyl (C=O) groups excluding carboxylic acids is 2. The Balaban J connectivity index is 2.06. The van der Waals surface area contributed by atoms with Crippen molar-refractivity contribution in [3.05, 3.63) is 58.1 Å². The molecule has 2 amide bonds. The summed E-state index contributed by atoms with van der Waals surface area (Å²) in [5.41, 5.74) is 1.38. The highest BCUT2D eigenvalue weighted by Crippen LogP contribution is 2.30. The van der Waals surface area contributed by atoms with Crippen molar-refractivity contribution >= 4 is 98.5 Å². The highest BCUT2D eigenvalue weighted by Gasteiger charge is 2.35. The fourth-order valence-electron chi connectivity index (χ4n) is 2.22. The van der Waals surface area contributed by atoms with Crippen LogP contribution in [-0.2, 0) is 4.79 Å². The van der Waals surface area contributed by atoms with Gasteiger partial charge in [-0.05, 0) is 54.7 Å². The lowest BCUT2D eigenvalue weighted by Crippen LogP contribution is -2.56. The van der Waals surface area contributed by atoms with Gasteiger partial charge in [0.2, 0.25) is 9.70 Å². The molecule has 2 aromatic carbocycles. The van der Waals surface area contributed by atoms with Crippen molar-refractivity contribution in [2.75, 3.05) is 10.6 Å². The summed E-state index contributed by atoms with van der Waals surface area (Å²) < 4.78 is -1.93. The molecule has 0 saturated carbocycles. The zero-order chi connectivity index (χ0) is 22.5. The van der Waals surface area contributed by atoms with Crippen LogP contribution in [0.1, 0.15) is 17.3 Å². The molecule has 0 aromatic heterocycles. The Hall–Kier alpha value is -1.48. The second kappa shape index (κ2) is 10.7. The molecule has 0 spiro atoms. The number of nitrogens with one attached hydrogen (secondary N) is 4. The zero-order valence-corrected chi connectivity index (χ0v) is 19.8. The molecule has 30 heavy (non-hydrogen) atoms. The van der Waals surface area contributed by atoms with E-state index in [0.717, 1.165) is 0 Å². The van der Waals surface area contributed by atoms with Gasteiger partial charge in [0.05, 0.1) is 10.6 Å². The first kappa shape index (κ1) is 24.8. The van der Waals surface area contributed by atoms with E-state index in [1.807, 2.05) is 0 Å². The monoisotopic (exact) mass is 526 g/mol. The van der Waals surface area contributed by atoms with Gasteiger partial charge >= 0.3 is 0 Å². The Morgan fingerprint density at radius 2 is 1.50 bits per heavy atom. The maximum atomic E-state index is 12.5. The molecule has 0 bridgehead atoms.